The Morgan fingerprint density at radius 1 is 1.21 bits per heavy atom. The van der Waals surface area contributed by atoms with Crippen LogP contribution in [0, 0.1) is 12.7 Å². The highest BCUT2D eigenvalue weighted by Gasteiger charge is 2.44. The van der Waals surface area contributed by atoms with Gasteiger partial charge in [0.25, 0.3) is 0 Å². The molecular formula is C20H18F4N2O3. The van der Waals surface area contributed by atoms with Crippen molar-refractivity contribution in [1.29, 1.82) is 0 Å². The van der Waals surface area contributed by atoms with Crippen LogP contribution in [0.3, 0.4) is 0 Å². The molecule has 0 unspecified atom stereocenters. The first-order valence-electron chi connectivity index (χ1n) is 8.78. The van der Waals surface area contributed by atoms with E-state index in [4.69, 9.17) is 4.74 Å². The zero-order valence-corrected chi connectivity index (χ0v) is 15.6. The maximum absolute atomic E-state index is 13.7. The van der Waals surface area contributed by atoms with Crippen molar-refractivity contribution in [2.24, 2.45) is 0 Å². The number of ether oxygens (including phenoxy) is 1. The highest BCUT2D eigenvalue weighted by Crippen LogP contribution is 2.37. The third kappa shape index (κ3) is 4.33. The molecule has 1 aliphatic rings. The summed E-state index contributed by atoms with van der Waals surface area (Å²) in [7, 11) is 0. The van der Waals surface area contributed by atoms with E-state index in [9.17, 15) is 27.2 Å². The fourth-order valence-corrected chi connectivity index (χ4v) is 3.18. The number of alkyl halides is 3. The van der Waals surface area contributed by atoms with E-state index in [2.05, 4.69) is 5.32 Å². The minimum absolute atomic E-state index is 0.158. The van der Waals surface area contributed by atoms with Gasteiger partial charge in [0.15, 0.2) is 0 Å². The maximum Gasteiger partial charge on any atom is 0.419 e. The fraction of sp³-hybridized carbons (Fsp3) is 0.300. The first kappa shape index (κ1) is 20.6. The number of urea groups is 1. The number of rotatable bonds is 3. The smallest absolute Gasteiger partial charge is 0.419 e. The number of halogens is 4. The van der Waals surface area contributed by atoms with Gasteiger partial charge in [0.2, 0.25) is 0 Å². The Morgan fingerprint density at radius 2 is 1.90 bits per heavy atom. The molecule has 0 radical (unpaired) electrons. The third-order valence-corrected chi connectivity index (χ3v) is 4.76. The molecule has 1 heterocycles. The lowest BCUT2D eigenvalue weighted by Crippen LogP contribution is -2.44. The largest absolute Gasteiger partial charge is 0.439 e. The van der Waals surface area contributed by atoms with Gasteiger partial charge in [-0.15, -0.1) is 0 Å². The Bertz CT molecular complexity index is 946. The molecule has 154 valence electrons. The number of cyclic esters (lactones) is 1. The normalized spacial score (nSPS) is 19.2. The number of carbonyl (C=O) groups is 2. The first-order valence-corrected chi connectivity index (χ1v) is 8.78. The molecule has 0 saturated carbocycles. The topological polar surface area (TPSA) is 58.6 Å². The van der Waals surface area contributed by atoms with E-state index in [0.717, 1.165) is 22.1 Å². The molecule has 5 nitrogen and oxygen atoms in total. The molecule has 1 fully saturated rings. The van der Waals surface area contributed by atoms with Crippen molar-refractivity contribution in [3.05, 3.63) is 70.5 Å². The van der Waals surface area contributed by atoms with Crippen molar-refractivity contribution < 1.29 is 31.9 Å². The molecule has 0 aliphatic carbocycles. The van der Waals surface area contributed by atoms with Gasteiger partial charge in [-0.25, -0.2) is 18.9 Å². The number of carbonyl (C=O) groups excluding carboxylic acids is 2. The molecular weight excluding hydrogens is 392 g/mol. The molecule has 1 aliphatic heterocycles. The van der Waals surface area contributed by atoms with E-state index >= 15 is 0 Å². The lowest BCUT2D eigenvalue weighted by Gasteiger charge is -2.20. The van der Waals surface area contributed by atoms with Crippen LogP contribution in [0.1, 0.15) is 35.3 Å². The molecule has 1 N–H and O–H groups in total. The Balaban J connectivity index is 1.77. The Hall–Kier alpha value is -3.10. The Kier molecular flexibility index (Phi) is 5.50. The van der Waals surface area contributed by atoms with Gasteiger partial charge in [0.05, 0.1) is 11.6 Å². The van der Waals surface area contributed by atoms with Crippen molar-refractivity contribution >= 4 is 12.1 Å². The summed E-state index contributed by atoms with van der Waals surface area (Å²) in [6, 6.07) is 7.59. The molecule has 9 heteroatoms. The zero-order valence-electron chi connectivity index (χ0n) is 15.6. The second-order valence-electron chi connectivity index (χ2n) is 6.77. The standard InChI is InChI=1S/C20H18F4N2O3/c1-11-5-3-4-6-13(11)10-25-18(27)26-12(2)17(29-19(26)28)14-7-15(20(22,23)24)9-16(21)8-14/h3-9,12,17H,10H2,1-2H3,(H,25,27)/t12-,17-/m0/s1. The zero-order chi connectivity index (χ0) is 21.3. The molecule has 0 bridgehead atoms. The average molecular weight is 410 g/mol. The van der Waals surface area contributed by atoms with Gasteiger partial charge in [-0.05, 0) is 48.7 Å². The number of aryl methyl sites for hydroxylation is 1. The maximum atomic E-state index is 13.7. The van der Waals surface area contributed by atoms with Gasteiger partial charge in [-0.2, -0.15) is 13.2 Å². The SMILES string of the molecule is Cc1ccccc1CNC(=O)N1C(=O)O[C@H](c2cc(F)cc(C(F)(F)F)c2)[C@@H]1C. The van der Waals surface area contributed by atoms with Gasteiger partial charge in [0, 0.05) is 6.54 Å². The summed E-state index contributed by atoms with van der Waals surface area (Å²) in [5, 5.41) is 2.59. The summed E-state index contributed by atoms with van der Waals surface area (Å²) in [5.74, 6) is -1.11. The van der Waals surface area contributed by atoms with Crippen LogP contribution in [0.2, 0.25) is 0 Å². The van der Waals surface area contributed by atoms with Gasteiger partial charge >= 0.3 is 18.3 Å². The van der Waals surface area contributed by atoms with Crippen LogP contribution < -0.4 is 5.32 Å². The number of nitrogens with one attached hydrogen (secondary N) is 1. The van der Waals surface area contributed by atoms with E-state index in [1.165, 1.54) is 6.92 Å². The van der Waals surface area contributed by atoms with Crippen molar-refractivity contribution in [3.8, 4) is 0 Å². The van der Waals surface area contributed by atoms with E-state index in [-0.39, 0.29) is 12.1 Å². The van der Waals surface area contributed by atoms with Gasteiger partial charge in [-0.1, -0.05) is 24.3 Å². The minimum atomic E-state index is -4.76. The highest BCUT2D eigenvalue weighted by molar-refractivity contribution is 5.92. The van der Waals surface area contributed by atoms with E-state index < -0.39 is 41.8 Å². The summed E-state index contributed by atoms with van der Waals surface area (Å²) in [6.45, 7) is 3.47. The molecule has 2 aromatic rings. The summed E-state index contributed by atoms with van der Waals surface area (Å²) >= 11 is 0. The van der Waals surface area contributed by atoms with Crippen LogP contribution in [-0.4, -0.2) is 23.1 Å². The minimum Gasteiger partial charge on any atom is -0.439 e. The van der Waals surface area contributed by atoms with Crippen LogP contribution in [-0.2, 0) is 17.5 Å². The third-order valence-electron chi connectivity index (χ3n) is 4.76. The molecule has 0 aromatic heterocycles. The number of imide groups is 1. The van der Waals surface area contributed by atoms with Crippen LogP contribution in [0.15, 0.2) is 42.5 Å². The quantitative estimate of drug-likeness (QED) is 0.729. The molecule has 3 amide bonds. The van der Waals surface area contributed by atoms with Crippen LogP contribution in [0.25, 0.3) is 0 Å². The van der Waals surface area contributed by atoms with Crippen molar-refractivity contribution in [1.82, 2.24) is 10.2 Å². The molecule has 0 spiro atoms. The monoisotopic (exact) mass is 410 g/mol. The predicted octanol–water partition coefficient (Wildman–Crippen LogP) is 4.94. The van der Waals surface area contributed by atoms with E-state index in [1.807, 2.05) is 25.1 Å². The number of benzene rings is 2. The highest BCUT2D eigenvalue weighted by atomic mass is 19.4. The van der Waals surface area contributed by atoms with Crippen LogP contribution in [0.4, 0.5) is 27.2 Å². The number of amides is 3. The van der Waals surface area contributed by atoms with Gasteiger partial charge < -0.3 is 10.1 Å². The summed E-state index contributed by atoms with van der Waals surface area (Å²) in [6.07, 6.45) is -6.99. The lowest BCUT2D eigenvalue weighted by atomic mass is 10.0. The van der Waals surface area contributed by atoms with Crippen LogP contribution >= 0.6 is 0 Å². The molecule has 1 saturated heterocycles. The average Bonchev–Trinajstić information content (AvgIpc) is 2.94. The lowest BCUT2D eigenvalue weighted by molar-refractivity contribution is -0.137. The molecule has 29 heavy (non-hydrogen) atoms. The van der Waals surface area contributed by atoms with E-state index in [1.54, 1.807) is 6.07 Å². The van der Waals surface area contributed by atoms with Crippen molar-refractivity contribution in [3.63, 3.8) is 0 Å². The summed E-state index contributed by atoms with van der Waals surface area (Å²) in [4.78, 5) is 25.4. The van der Waals surface area contributed by atoms with E-state index in [0.29, 0.717) is 12.1 Å². The van der Waals surface area contributed by atoms with Gasteiger partial charge in [0.1, 0.15) is 11.9 Å². The van der Waals surface area contributed by atoms with Crippen LogP contribution in [0.5, 0.6) is 0 Å². The van der Waals surface area contributed by atoms with Crippen molar-refractivity contribution in [2.75, 3.05) is 0 Å². The number of hydrogen-bond acceptors (Lipinski definition) is 3. The summed E-state index contributed by atoms with van der Waals surface area (Å²) in [5.41, 5.74) is 0.422. The fourth-order valence-electron chi connectivity index (χ4n) is 3.18. The molecule has 3 rings (SSSR count). The van der Waals surface area contributed by atoms with Gasteiger partial charge in [-0.3, -0.25) is 0 Å². The molecule has 2 aromatic carbocycles. The Morgan fingerprint density at radius 3 is 2.55 bits per heavy atom. The second kappa shape index (κ2) is 7.73. The predicted molar refractivity (Wildman–Crippen MR) is 95.3 cm³/mol. The summed E-state index contributed by atoms with van der Waals surface area (Å²) < 4.78 is 57.7. The second-order valence-corrected chi connectivity index (χ2v) is 6.77. The Labute approximate surface area is 164 Å². The number of nitrogens with zero attached hydrogens (tertiary/aromatic N) is 1. The van der Waals surface area contributed by atoms with Crippen molar-refractivity contribution in [2.45, 2.75) is 38.7 Å². The molecule has 2 atom stereocenters. The number of hydrogen-bond donors (Lipinski definition) is 1. The first-order chi connectivity index (χ1) is 13.6.